The zero-order valence-corrected chi connectivity index (χ0v) is 15.9. The van der Waals surface area contributed by atoms with Crippen molar-refractivity contribution in [2.75, 3.05) is 6.26 Å². The molecular formula is C20H14ClN3O2S. The summed E-state index contributed by atoms with van der Waals surface area (Å²) in [6, 6.07) is 11.6. The summed E-state index contributed by atoms with van der Waals surface area (Å²) in [5, 5.41) is 0.518. The molecule has 0 bridgehead atoms. The lowest BCUT2D eigenvalue weighted by atomic mass is 10.2. The van der Waals surface area contributed by atoms with E-state index in [9.17, 15) is 9.00 Å². The van der Waals surface area contributed by atoms with Gasteiger partial charge in [-0.3, -0.25) is 14.8 Å². The molecule has 1 atom stereocenters. The summed E-state index contributed by atoms with van der Waals surface area (Å²) < 4.78 is 16.7. The Morgan fingerprint density at radius 3 is 2.44 bits per heavy atom. The Balaban J connectivity index is 1.88. The highest BCUT2D eigenvalue weighted by Crippen LogP contribution is 2.17. The van der Waals surface area contributed by atoms with Crippen LogP contribution in [-0.2, 0) is 9.73 Å². The second-order valence-electron chi connectivity index (χ2n) is 5.61. The molecule has 134 valence electrons. The Morgan fingerprint density at radius 2 is 1.74 bits per heavy atom. The van der Waals surface area contributed by atoms with E-state index in [-0.39, 0.29) is 5.56 Å². The number of aromatic nitrogens is 2. The fourth-order valence-electron chi connectivity index (χ4n) is 2.16. The highest BCUT2D eigenvalue weighted by Gasteiger charge is 2.12. The van der Waals surface area contributed by atoms with Crippen molar-refractivity contribution in [1.82, 2.24) is 9.97 Å². The number of carbonyl (C=O) groups excluding carboxylic acids is 1. The molecule has 0 spiro atoms. The first-order valence-corrected chi connectivity index (χ1v) is 10.1. The maximum Gasteiger partial charge on any atom is 0.286 e. The lowest BCUT2D eigenvalue weighted by Gasteiger charge is -2.04. The van der Waals surface area contributed by atoms with Gasteiger partial charge in [0.05, 0.1) is 15.3 Å². The molecule has 0 N–H and O–H groups in total. The number of benzene rings is 1. The van der Waals surface area contributed by atoms with E-state index >= 15 is 0 Å². The Bertz CT molecular complexity index is 1160. The summed E-state index contributed by atoms with van der Waals surface area (Å²) in [6.45, 7) is 0. The molecule has 0 aliphatic heterocycles. The maximum absolute atomic E-state index is 12.8. The van der Waals surface area contributed by atoms with Crippen molar-refractivity contribution < 1.29 is 9.00 Å². The molecule has 0 saturated carbocycles. The van der Waals surface area contributed by atoms with Crippen molar-refractivity contribution in [2.24, 2.45) is 4.36 Å². The van der Waals surface area contributed by atoms with Crippen LogP contribution in [0.1, 0.15) is 21.5 Å². The van der Waals surface area contributed by atoms with Crippen molar-refractivity contribution in [1.29, 1.82) is 0 Å². The lowest BCUT2D eigenvalue weighted by Crippen LogP contribution is -2.04. The minimum atomic E-state index is -2.90. The quantitative estimate of drug-likeness (QED) is 0.618. The topological polar surface area (TPSA) is 72.3 Å². The number of halogens is 1. The number of rotatable bonds is 2. The summed E-state index contributed by atoms with van der Waals surface area (Å²) in [5.74, 6) is 5.25. The molecule has 3 aromatic rings. The number of nitrogens with zero attached hydrogens (tertiary/aromatic N) is 3. The van der Waals surface area contributed by atoms with E-state index in [2.05, 4.69) is 26.2 Å². The SMILES string of the molecule is CS(=O)(=NC(=O)c1cncc(C#Cc2cccnc2)c1)c1ccc(Cl)cc1. The third kappa shape index (κ3) is 5.00. The third-order valence-corrected chi connectivity index (χ3v) is 5.42. The monoisotopic (exact) mass is 395 g/mol. The standard InChI is InChI=1S/C20H14ClN3O2S/c1-27(26,19-8-6-18(21)7-9-19)24-20(25)17-11-16(13-23-14-17)5-4-15-3-2-10-22-12-15/h2-3,6-14H,1H3. The van der Waals surface area contributed by atoms with Crippen LogP contribution in [-0.4, -0.2) is 26.3 Å². The molecular weight excluding hydrogens is 382 g/mol. The molecule has 5 nitrogen and oxygen atoms in total. The van der Waals surface area contributed by atoms with E-state index in [4.69, 9.17) is 11.6 Å². The first-order chi connectivity index (χ1) is 12.9. The largest absolute Gasteiger partial charge is 0.286 e. The van der Waals surface area contributed by atoms with Crippen molar-refractivity contribution in [3.63, 3.8) is 0 Å². The van der Waals surface area contributed by atoms with E-state index in [1.807, 2.05) is 6.07 Å². The van der Waals surface area contributed by atoms with E-state index in [1.54, 1.807) is 55.0 Å². The Kier molecular flexibility index (Phi) is 5.65. The van der Waals surface area contributed by atoms with Crippen LogP contribution in [0.4, 0.5) is 0 Å². The van der Waals surface area contributed by atoms with E-state index in [0.29, 0.717) is 15.5 Å². The molecule has 0 saturated heterocycles. The second kappa shape index (κ2) is 8.12. The number of pyridine rings is 2. The summed E-state index contributed by atoms with van der Waals surface area (Å²) in [7, 11) is -2.90. The molecule has 1 aromatic carbocycles. The van der Waals surface area contributed by atoms with Crippen LogP contribution in [0.25, 0.3) is 0 Å². The van der Waals surface area contributed by atoms with Crippen molar-refractivity contribution >= 4 is 27.2 Å². The molecule has 0 radical (unpaired) electrons. The molecule has 1 amide bonds. The van der Waals surface area contributed by atoms with Gasteiger partial charge >= 0.3 is 0 Å². The van der Waals surface area contributed by atoms with Gasteiger partial charge < -0.3 is 0 Å². The number of hydrogen-bond acceptors (Lipinski definition) is 4. The minimum Gasteiger partial charge on any atom is -0.266 e. The fourth-order valence-corrected chi connectivity index (χ4v) is 3.45. The summed E-state index contributed by atoms with van der Waals surface area (Å²) >= 11 is 5.84. The van der Waals surface area contributed by atoms with Crippen molar-refractivity contribution in [3.05, 3.63) is 89.0 Å². The first kappa shape index (κ1) is 18.8. The van der Waals surface area contributed by atoms with Crippen LogP contribution in [0.3, 0.4) is 0 Å². The van der Waals surface area contributed by atoms with Gasteiger partial charge in [0.1, 0.15) is 0 Å². The lowest BCUT2D eigenvalue weighted by molar-refractivity contribution is 0.100. The van der Waals surface area contributed by atoms with Crippen LogP contribution >= 0.6 is 11.6 Å². The van der Waals surface area contributed by atoms with Crippen LogP contribution < -0.4 is 0 Å². The molecule has 1 unspecified atom stereocenters. The van der Waals surface area contributed by atoms with Gasteiger partial charge in [-0.15, -0.1) is 0 Å². The molecule has 3 rings (SSSR count). The molecule has 27 heavy (non-hydrogen) atoms. The molecule has 0 fully saturated rings. The fraction of sp³-hybridized carbons (Fsp3) is 0.0500. The van der Waals surface area contributed by atoms with E-state index in [1.165, 1.54) is 12.5 Å². The van der Waals surface area contributed by atoms with Gasteiger partial charge in [0.15, 0.2) is 0 Å². The van der Waals surface area contributed by atoms with Crippen LogP contribution in [0, 0.1) is 11.8 Å². The minimum absolute atomic E-state index is 0.219. The zero-order chi connectivity index (χ0) is 19.3. The second-order valence-corrected chi connectivity index (χ2v) is 8.30. The normalized spacial score (nSPS) is 12.4. The van der Waals surface area contributed by atoms with Gasteiger partial charge in [-0.1, -0.05) is 23.4 Å². The van der Waals surface area contributed by atoms with Gasteiger partial charge in [0.25, 0.3) is 5.91 Å². The zero-order valence-electron chi connectivity index (χ0n) is 14.3. The van der Waals surface area contributed by atoms with Crippen LogP contribution in [0.5, 0.6) is 0 Å². The summed E-state index contributed by atoms with van der Waals surface area (Å²) in [6.07, 6.45) is 7.63. The average Bonchev–Trinajstić information content (AvgIpc) is 2.67. The first-order valence-electron chi connectivity index (χ1n) is 7.83. The predicted molar refractivity (Wildman–Crippen MR) is 105 cm³/mol. The molecule has 2 heterocycles. The molecule has 2 aromatic heterocycles. The van der Waals surface area contributed by atoms with Crippen molar-refractivity contribution in [3.8, 4) is 11.8 Å². The highest BCUT2D eigenvalue weighted by atomic mass is 35.5. The molecule has 0 aliphatic rings. The van der Waals surface area contributed by atoms with E-state index < -0.39 is 15.6 Å². The van der Waals surface area contributed by atoms with Crippen LogP contribution in [0.15, 0.2) is 76.5 Å². The molecule has 7 heteroatoms. The number of amides is 1. The Hall–Kier alpha value is -3.01. The van der Waals surface area contributed by atoms with Gasteiger partial charge in [0, 0.05) is 52.1 Å². The summed E-state index contributed by atoms with van der Waals surface area (Å²) in [5.41, 5.74) is 1.52. The Morgan fingerprint density at radius 1 is 1.04 bits per heavy atom. The van der Waals surface area contributed by atoms with Gasteiger partial charge in [-0.05, 0) is 42.5 Å². The number of carbonyl (C=O) groups is 1. The summed E-state index contributed by atoms with van der Waals surface area (Å²) in [4.78, 5) is 20.9. The number of hydrogen-bond donors (Lipinski definition) is 0. The van der Waals surface area contributed by atoms with Gasteiger partial charge in [-0.2, -0.15) is 4.36 Å². The van der Waals surface area contributed by atoms with Gasteiger partial charge in [-0.25, -0.2) is 4.21 Å². The van der Waals surface area contributed by atoms with Crippen molar-refractivity contribution in [2.45, 2.75) is 4.90 Å². The third-order valence-electron chi connectivity index (χ3n) is 3.51. The smallest absolute Gasteiger partial charge is 0.266 e. The van der Waals surface area contributed by atoms with E-state index in [0.717, 1.165) is 5.56 Å². The predicted octanol–water partition coefficient (Wildman–Crippen LogP) is 3.83. The average molecular weight is 396 g/mol. The highest BCUT2D eigenvalue weighted by molar-refractivity contribution is 7.93. The molecule has 0 aliphatic carbocycles. The maximum atomic E-state index is 12.8. The van der Waals surface area contributed by atoms with Crippen LogP contribution in [0.2, 0.25) is 5.02 Å². The Labute approximate surface area is 162 Å². The van der Waals surface area contributed by atoms with Gasteiger partial charge in [0.2, 0.25) is 0 Å².